The predicted molar refractivity (Wildman–Crippen MR) is 262 cm³/mol. The van der Waals surface area contributed by atoms with Crippen LogP contribution in [0.15, 0.2) is 231 Å². The smallest absolute Gasteiger partial charge is 0.0547 e. The average molecular weight is 795 g/mol. The highest BCUT2D eigenvalue weighted by Gasteiger charge is 2.18. The highest BCUT2D eigenvalue weighted by molar-refractivity contribution is 7.25. The number of benzene rings is 10. The van der Waals surface area contributed by atoms with Crippen LogP contribution < -0.4 is 4.90 Å². The molecule has 0 spiro atoms. The van der Waals surface area contributed by atoms with Crippen LogP contribution in [0.1, 0.15) is 0 Å². The van der Waals surface area contributed by atoms with Gasteiger partial charge in [-0.05, 0) is 117 Å². The van der Waals surface area contributed by atoms with E-state index in [4.69, 9.17) is 0 Å². The summed E-state index contributed by atoms with van der Waals surface area (Å²) < 4.78 is 5.03. The van der Waals surface area contributed by atoms with Gasteiger partial charge in [0.05, 0.1) is 11.0 Å². The van der Waals surface area contributed by atoms with E-state index < -0.39 is 0 Å². The molecule has 0 fully saturated rings. The van der Waals surface area contributed by atoms with Gasteiger partial charge in [-0.3, -0.25) is 0 Å². The van der Waals surface area contributed by atoms with Gasteiger partial charge in [-0.25, -0.2) is 0 Å². The Hall–Kier alpha value is -7.72. The topological polar surface area (TPSA) is 8.17 Å². The van der Waals surface area contributed by atoms with Crippen molar-refractivity contribution >= 4 is 81.1 Å². The van der Waals surface area contributed by atoms with Gasteiger partial charge in [-0.2, -0.15) is 0 Å². The van der Waals surface area contributed by atoms with Gasteiger partial charge in [-0.1, -0.05) is 158 Å². The summed E-state index contributed by atoms with van der Waals surface area (Å²) in [5.41, 5.74) is 14.1. The van der Waals surface area contributed by atoms with Crippen LogP contribution in [0.2, 0.25) is 0 Å². The summed E-state index contributed by atoms with van der Waals surface area (Å²) in [6.45, 7) is 0. The number of hydrogen-bond donors (Lipinski definition) is 0. The van der Waals surface area contributed by atoms with Crippen molar-refractivity contribution in [3.05, 3.63) is 231 Å². The van der Waals surface area contributed by atoms with Crippen LogP contribution in [0.3, 0.4) is 0 Å². The maximum absolute atomic E-state index is 2.40. The monoisotopic (exact) mass is 794 g/mol. The highest BCUT2D eigenvalue weighted by atomic mass is 32.1. The summed E-state index contributed by atoms with van der Waals surface area (Å²) in [5.74, 6) is 0. The Morgan fingerprint density at radius 1 is 0.328 bits per heavy atom. The zero-order valence-electron chi connectivity index (χ0n) is 33.2. The van der Waals surface area contributed by atoms with E-state index in [1.807, 2.05) is 11.3 Å². The van der Waals surface area contributed by atoms with Crippen LogP contribution in [0.4, 0.5) is 17.1 Å². The van der Waals surface area contributed by atoms with Gasteiger partial charge >= 0.3 is 0 Å². The molecule has 0 unspecified atom stereocenters. The Morgan fingerprint density at radius 3 is 1.66 bits per heavy atom. The van der Waals surface area contributed by atoms with Gasteiger partial charge in [0, 0.05) is 53.7 Å². The Labute approximate surface area is 358 Å². The SMILES string of the molecule is c1ccc(-c2ccc(N(c3ccc(-c4ccc(-n5c6ccccc6c6c7ccccc7ccc65)cc4)cc3)c3cccc(-c4cccc5sc6ccccc6c45)c3)cc2)cc1. The van der Waals surface area contributed by atoms with Crippen molar-refractivity contribution in [1.29, 1.82) is 0 Å². The van der Waals surface area contributed by atoms with Gasteiger partial charge in [0.15, 0.2) is 0 Å². The maximum atomic E-state index is 2.40. The summed E-state index contributed by atoms with van der Waals surface area (Å²) >= 11 is 1.86. The second-order valence-electron chi connectivity index (χ2n) is 15.7. The standard InChI is InChI=1S/C58H38N2S/c1-2-12-39(13-3-1)40-24-31-45(32-25-40)59(48-16-10-15-44(38-48)50-20-11-23-56-58(50)52-19-7-9-22-55(52)61-56)46-33-26-41(27-34-46)42-28-35-47(36-29-42)60-53-21-8-6-18-51(53)57-49-17-5-4-14-43(49)30-37-54(57)60/h1-38H. The van der Waals surface area contributed by atoms with Gasteiger partial charge in [-0.15, -0.1) is 11.3 Å². The van der Waals surface area contributed by atoms with Crippen molar-refractivity contribution in [3.8, 4) is 39.1 Å². The Kier molecular flexibility index (Phi) is 8.39. The van der Waals surface area contributed by atoms with Crippen molar-refractivity contribution < 1.29 is 0 Å². The lowest BCUT2D eigenvalue weighted by Gasteiger charge is -2.26. The Balaban J connectivity index is 0.928. The molecule has 0 saturated heterocycles. The van der Waals surface area contributed by atoms with E-state index in [0.29, 0.717) is 0 Å². The average Bonchev–Trinajstić information content (AvgIpc) is 3.89. The number of anilines is 3. The first-order chi connectivity index (χ1) is 30.2. The third-order valence-corrected chi connectivity index (χ3v) is 13.3. The van der Waals surface area contributed by atoms with Gasteiger partial charge in [0.25, 0.3) is 0 Å². The number of fused-ring (bicyclic) bond motifs is 8. The second-order valence-corrected chi connectivity index (χ2v) is 16.8. The fourth-order valence-corrected chi connectivity index (χ4v) is 10.5. The molecule has 0 N–H and O–H groups in total. The van der Waals surface area contributed by atoms with Crippen molar-refractivity contribution in [2.75, 3.05) is 4.90 Å². The van der Waals surface area contributed by atoms with Gasteiger partial charge in [0.2, 0.25) is 0 Å². The molecular formula is C58H38N2S. The molecule has 0 aliphatic rings. The lowest BCUT2D eigenvalue weighted by molar-refractivity contribution is 1.18. The van der Waals surface area contributed by atoms with E-state index in [-0.39, 0.29) is 0 Å². The molecule has 12 aromatic rings. The molecular weight excluding hydrogens is 757 g/mol. The minimum atomic E-state index is 1.10. The molecule has 12 rings (SSSR count). The number of rotatable bonds is 7. The van der Waals surface area contributed by atoms with E-state index in [0.717, 1.165) is 22.7 Å². The van der Waals surface area contributed by atoms with E-state index in [1.54, 1.807) is 0 Å². The minimum Gasteiger partial charge on any atom is -0.310 e. The largest absolute Gasteiger partial charge is 0.310 e. The normalized spacial score (nSPS) is 11.6. The summed E-state index contributed by atoms with van der Waals surface area (Å²) in [6.07, 6.45) is 0. The molecule has 0 aliphatic heterocycles. The van der Waals surface area contributed by atoms with Crippen LogP contribution in [-0.2, 0) is 0 Å². The van der Waals surface area contributed by atoms with Crippen LogP contribution in [0, 0.1) is 0 Å². The lowest BCUT2D eigenvalue weighted by atomic mass is 9.98. The van der Waals surface area contributed by atoms with Crippen molar-refractivity contribution in [3.63, 3.8) is 0 Å². The van der Waals surface area contributed by atoms with Crippen molar-refractivity contribution in [1.82, 2.24) is 4.57 Å². The highest BCUT2D eigenvalue weighted by Crippen LogP contribution is 2.43. The summed E-state index contributed by atoms with van der Waals surface area (Å²) in [4.78, 5) is 2.38. The van der Waals surface area contributed by atoms with Crippen LogP contribution in [0.25, 0.3) is 91.8 Å². The molecule has 0 amide bonds. The minimum absolute atomic E-state index is 1.10. The Morgan fingerprint density at radius 2 is 0.902 bits per heavy atom. The molecule has 10 aromatic carbocycles. The molecule has 2 heterocycles. The molecule has 0 atom stereocenters. The molecule has 286 valence electrons. The molecule has 0 saturated carbocycles. The van der Waals surface area contributed by atoms with E-state index in [1.165, 1.54) is 86.1 Å². The number of para-hydroxylation sites is 1. The summed E-state index contributed by atoms with van der Waals surface area (Å²) in [6, 6.07) is 84.0. The lowest BCUT2D eigenvalue weighted by Crippen LogP contribution is -2.10. The number of aromatic nitrogens is 1. The fraction of sp³-hybridized carbons (Fsp3) is 0. The predicted octanol–water partition coefficient (Wildman–Crippen LogP) is 16.8. The summed E-state index contributed by atoms with van der Waals surface area (Å²) in [7, 11) is 0. The molecule has 2 nitrogen and oxygen atoms in total. The number of hydrogen-bond acceptors (Lipinski definition) is 2. The molecule has 0 bridgehead atoms. The van der Waals surface area contributed by atoms with Gasteiger partial charge in [0.1, 0.15) is 0 Å². The third-order valence-electron chi connectivity index (χ3n) is 12.2. The molecule has 61 heavy (non-hydrogen) atoms. The first-order valence-corrected chi connectivity index (χ1v) is 21.6. The zero-order chi connectivity index (χ0) is 40.3. The van der Waals surface area contributed by atoms with E-state index >= 15 is 0 Å². The molecule has 0 radical (unpaired) electrons. The van der Waals surface area contributed by atoms with E-state index in [2.05, 4.69) is 240 Å². The number of thiophene rings is 1. The van der Waals surface area contributed by atoms with Gasteiger partial charge < -0.3 is 9.47 Å². The quantitative estimate of drug-likeness (QED) is 0.156. The van der Waals surface area contributed by atoms with Crippen LogP contribution in [-0.4, -0.2) is 4.57 Å². The first-order valence-electron chi connectivity index (χ1n) is 20.8. The fourth-order valence-electron chi connectivity index (χ4n) is 9.33. The molecule has 3 heteroatoms. The second kappa shape index (κ2) is 14.5. The summed E-state index contributed by atoms with van der Waals surface area (Å²) in [5, 5.41) is 7.75. The molecule has 2 aromatic heterocycles. The van der Waals surface area contributed by atoms with Crippen LogP contribution >= 0.6 is 11.3 Å². The zero-order valence-corrected chi connectivity index (χ0v) is 34.1. The van der Waals surface area contributed by atoms with E-state index in [9.17, 15) is 0 Å². The third kappa shape index (κ3) is 6.01. The van der Waals surface area contributed by atoms with Crippen molar-refractivity contribution in [2.24, 2.45) is 0 Å². The Bertz CT molecular complexity index is 3560. The van der Waals surface area contributed by atoms with Crippen molar-refractivity contribution in [2.45, 2.75) is 0 Å². The number of nitrogens with zero attached hydrogens (tertiary/aromatic N) is 2. The first kappa shape index (κ1) is 35.2. The van der Waals surface area contributed by atoms with Crippen LogP contribution in [0.5, 0.6) is 0 Å². The maximum Gasteiger partial charge on any atom is 0.0547 e. The molecule has 0 aliphatic carbocycles.